The Hall–Kier alpha value is -6.62. The molecule has 0 aliphatic rings. The summed E-state index contributed by atoms with van der Waals surface area (Å²) in [5.41, 5.74) is 11.0. The third kappa shape index (κ3) is 4.51. The predicted molar refractivity (Wildman–Crippen MR) is 219 cm³/mol. The van der Waals surface area contributed by atoms with Gasteiger partial charge in [0.25, 0.3) is 0 Å². The number of thiophene rings is 1. The van der Waals surface area contributed by atoms with E-state index in [1.165, 1.54) is 31.3 Å². The molecule has 0 saturated carbocycles. The van der Waals surface area contributed by atoms with E-state index in [1.807, 2.05) is 29.5 Å². The van der Waals surface area contributed by atoms with Crippen molar-refractivity contribution in [2.75, 3.05) is 4.90 Å². The van der Waals surface area contributed by atoms with Crippen molar-refractivity contribution in [3.05, 3.63) is 176 Å². The number of nitrogens with zero attached hydrogens (tertiary/aromatic N) is 1. The van der Waals surface area contributed by atoms with E-state index in [1.54, 1.807) is 0 Å². The Morgan fingerprint density at radius 3 is 1.92 bits per heavy atom. The third-order valence-electron chi connectivity index (χ3n) is 10.3. The van der Waals surface area contributed by atoms with Gasteiger partial charge in [-0.25, -0.2) is 0 Å². The molecular weight excluding hydrogens is 655 g/mol. The lowest BCUT2D eigenvalue weighted by atomic mass is 10.0. The van der Waals surface area contributed by atoms with Crippen LogP contribution in [0.25, 0.3) is 86.3 Å². The molecule has 0 bridgehead atoms. The Morgan fingerprint density at radius 2 is 1.04 bits per heavy atom. The molecule has 52 heavy (non-hydrogen) atoms. The minimum absolute atomic E-state index is 0.837. The summed E-state index contributed by atoms with van der Waals surface area (Å²) in [6.07, 6.45) is 0. The molecule has 0 unspecified atom stereocenters. The number of fused-ring (bicyclic) bond motifs is 9. The van der Waals surface area contributed by atoms with Crippen molar-refractivity contribution in [2.24, 2.45) is 0 Å². The summed E-state index contributed by atoms with van der Waals surface area (Å²) >= 11 is 1.85. The van der Waals surface area contributed by atoms with Crippen LogP contribution in [-0.2, 0) is 0 Å². The zero-order valence-corrected chi connectivity index (χ0v) is 28.7. The predicted octanol–water partition coefficient (Wildman–Crippen LogP) is 14.7. The Labute approximate surface area is 303 Å². The summed E-state index contributed by atoms with van der Waals surface area (Å²) in [5.74, 6) is 0. The van der Waals surface area contributed by atoms with Gasteiger partial charge in [0.15, 0.2) is 5.58 Å². The first kappa shape index (κ1) is 29.1. The Bertz CT molecular complexity index is 3130. The van der Waals surface area contributed by atoms with Crippen molar-refractivity contribution in [3.63, 3.8) is 0 Å². The zero-order valence-electron chi connectivity index (χ0n) is 27.9. The first-order valence-electron chi connectivity index (χ1n) is 17.5. The molecule has 0 aliphatic heterocycles. The second-order valence-electron chi connectivity index (χ2n) is 13.3. The lowest BCUT2D eigenvalue weighted by Gasteiger charge is -2.25. The second kappa shape index (κ2) is 11.5. The van der Waals surface area contributed by atoms with E-state index in [-0.39, 0.29) is 0 Å². The fourth-order valence-corrected chi connectivity index (χ4v) is 8.90. The maximum absolute atomic E-state index is 6.93. The molecule has 3 aromatic heterocycles. The van der Waals surface area contributed by atoms with Gasteiger partial charge in [0, 0.05) is 59.0 Å². The van der Waals surface area contributed by atoms with E-state index in [2.05, 4.69) is 163 Å². The number of para-hydroxylation sites is 3. The number of furan rings is 2. The lowest BCUT2D eigenvalue weighted by Crippen LogP contribution is -2.10. The molecule has 0 radical (unpaired) electrons. The SMILES string of the molecule is c1ccc(-c2cccc3c2oc2c(N(c4ccc(-c5ccc6sc7ccccc7c6c5)cc4)c4ccc5c(c4)oc4ccccc45)cccc23)cc1. The van der Waals surface area contributed by atoms with Crippen LogP contribution in [0.3, 0.4) is 0 Å². The van der Waals surface area contributed by atoms with E-state index in [4.69, 9.17) is 8.83 Å². The van der Waals surface area contributed by atoms with E-state index >= 15 is 0 Å². The van der Waals surface area contributed by atoms with Crippen LogP contribution in [-0.4, -0.2) is 0 Å². The molecule has 3 nitrogen and oxygen atoms in total. The molecule has 8 aromatic carbocycles. The highest BCUT2D eigenvalue weighted by atomic mass is 32.1. The van der Waals surface area contributed by atoms with Crippen molar-refractivity contribution in [3.8, 4) is 22.3 Å². The van der Waals surface area contributed by atoms with Gasteiger partial charge in [-0.05, 0) is 71.3 Å². The summed E-state index contributed by atoms with van der Waals surface area (Å²) < 4.78 is 16.0. The van der Waals surface area contributed by atoms with Crippen molar-refractivity contribution in [1.29, 1.82) is 0 Å². The van der Waals surface area contributed by atoms with E-state index in [9.17, 15) is 0 Å². The standard InChI is InChI=1S/C48H29NO2S/c1-2-10-31(11-3-1)35-14-8-15-39-40-16-9-17-42(48(40)51-47(35)39)49(34-25-26-37-36-12-4-6-18-43(36)50-44(37)29-34)33-23-20-30(21-24-33)32-22-27-46-41(28-32)38-13-5-7-19-45(38)52-46/h1-29H. The Kier molecular flexibility index (Phi) is 6.42. The highest BCUT2D eigenvalue weighted by Crippen LogP contribution is 2.45. The van der Waals surface area contributed by atoms with Crippen LogP contribution in [0.1, 0.15) is 0 Å². The van der Waals surface area contributed by atoms with Gasteiger partial charge in [0.05, 0.1) is 11.4 Å². The maximum atomic E-state index is 6.93. The maximum Gasteiger partial charge on any atom is 0.159 e. The van der Waals surface area contributed by atoms with Crippen LogP contribution in [0.5, 0.6) is 0 Å². The molecule has 0 saturated heterocycles. The van der Waals surface area contributed by atoms with Crippen LogP contribution in [0.2, 0.25) is 0 Å². The van der Waals surface area contributed by atoms with E-state index in [0.29, 0.717) is 0 Å². The van der Waals surface area contributed by atoms with Crippen molar-refractivity contribution < 1.29 is 8.83 Å². The number of hydrogen-bond acceptors (Lipinski definition) is 4. The highest BCUT2D eigenvalue weighted by molar-refractivity contribution is 7.25. The van der Waals surface area contributed by atoms with Gasteiger partial charge in [-0.2, -0.15) is 0 Å². The quantitative estimate of drug-likeness (QED) is 0.181. The summed E-state index contributed by atoms with van der Waals surface area (Å²) in [4.78, 5) is 2.29. The van der Waals surface area contributed by atoms with E-state index in [0.717, 1.165) is 72.1 Å². The molecule has 244 valence electrons. The molecule has 0 spiro atoms. The number of anilines is 3. The van der Waals surface area contributed by atoms with E-state index < -0.39 is 0 Å². The molecular formula is C48H29NO2S. The second-order valence-corrected chi connectivity index (χ2v) is 14.4. The van der Waals surface area contributed by atoms with Gasteiger partial charge in [0.1, 0.15) is 16.7 Å². The fourth-order valence-electron chi connectivity index (χ4n) is 7.82. The fraction of sp³-hybridized carbons (Fsp3) is 0. The average molecular weight is 684 g/mol. The molecule has 11 aromatic rings. The summed E-state index contributed by atoms with van der Waals surface area (Å²) in [6, 6.07) is 62.4. The van der Waals surface area contributed by atoms with Crippen LogP contribution in [0.15, 0.2) is 185 Å². The van der Waals surface area contributed by atoms with Gasteiger partial charge in [-0.3, -0.25) is 0 Å². The lowest BCUT2D eigenvalue weighted by molar-refractivity contribution is 0.668. The van der Waals surface area contributed by atoms with Crippen LogP contribution in [0.4, 0.5) is 17.1 Å². The molecule has 0 amide bonds. The minimum Gasteiger partial charge on any atom is -0.456 e. The first-order chi connectivity index (χ1) is 25.8. The third-order valence-corrected chi connectivity index (χ3v) is 11.4. The summed E-state index contributed by atoms with van der Waals surface area (Å²) in [7, 11) is 0. The van der Waals surface area contributed by atoms with Crippen LogP contribution >= 0.6 is 11.3 Å². The normalized spacial score (nSPS) is 11.8. The van der Waals surface area contributed by atoms with Gasteiger partial charge >= 0.3 is 0 Å². The van der Waals surface area contributed by atoms with Crippen molar-refractivity contribution in [2.45, 2.75) is 0 Å². The summed E-state index contributed by atoms with van der Waals surface area (Å²) in [5, 5.41) is 6.99. The van der Waals surface area contributed by atoms with Gasteiger partial charge in [-0.1, -0.05) is 115 Å². The van der Waals surface area contributed by atoms with Gasteiger partial charge in [0.2, 0.25) is 0 Å². The molecule has 4 heteroatoms. The largest absolute Gasteiger partial charge is 0.456 e. The minimum atomic E-state index is 0.837. The molecule has 11 rings (SSSR count). The van der Waals surface area contributed by atoms with Crippen molar-refractivity contribution >= 4 is 92.4 Å². The molecule has 0 fully saturated rings. The average Bonchev–Trinajstić information content (AvgIpc) is 3.90. The molecule has 3 heterocycles. The smallest absolute Gasteiger partial charge is 0.159 e. The van der Waals surface area contributed by atoms with Crippen LogP contribution in [0, 0.1) is 0 Å². The van der Waals surface area contributed by atoms with Crippen LogP contribution < -0.4 is 4.90 Å². The summed E-state index contributed by atoms with van der Waals surface area (Å²) in [6.45, 7) is 0. The number of benzene rings is 8. The monoisotopic (exact) mass is 683 g/mol. The molecule has 0 atom stereocenters. The van der Waals surface area contributed by atoms with Gasteiger partial charge in [-0.15, -0.1) is 11.3 Å². The Morgan fingerprint density at radius 1 is 0.365 bits per heavy atom. The van der Waals surface area contributed by atoms with Crippen molar-refractivity contribution in [1.82, 2.24) is 0 Å². The van der Waals surface area contributed by atoms with Gasteiger partial charge < -0.3 is 13.7 Å². The first-order valence-corrected chi connectivity index (χ1v) is 18.3. The molecule has 0 N–H and O–H groups in total. The highest BCUT2D eigenvalue weighted by Gasteiger charge is 2.22. The Balaban J connectivity index is 1.10. The number of hydrogen-bond donors (Lipinski definition) is 0. The molecule has 0 aliphatic carbocycles. The zero-order chi connectivity index (χ0) is 34.2. The topological polar surface area (TPSA) is 29.5 Å². The number of rotatable bonds is 5.